The molecule has 1 heterocycles. The van der Waals surface area contributed by atoms with Crippen LogP contribution in [0.15, 0.2) is 24.3 Å². The van der Waals surface area contributed by atoms with E-state index in [4.69, 9.17) is 10.5 Å². The minimum Gasteiger partial charge on any atom is -0.491 e. The standard InChI is InChI=1S/C16H22N2O2/c1-10(2)20-13-5-3-4-11(8-13)16-14(17)9-15(19)18(16)12-6-7-12/h3-5,8,10,12,14,16H,6-7,9,17H2,1-2H3. The van der Waals surface area contributed by atoms with Gasteiger partial charge in [-0.05, 0) is 44.4 Å². The average molecular weight is 274 g/mol. The number of hydrogen-bond donors (Lipinski definition) is 1. The highest BCUT2D eigenvalue weighted by molar-refractivity contribution is 5.81. The van der Waals surface area contributed by atoms with Crippen molar-refractivity contribution in [3.05, 3.63) is 29.8 Å². The monoisotopic (exact) mass is 274 g/mol. The van der Waals surface area contributed by atoms with E-state index >= 15 is 0 Å². The van der Waals surface area contributed by atoms with Gasteiger partial charge in [-0.25, -0.2) is 0 Å². The number of benzene rings is 1. The number of nitrogens with two attached hydrogens (primary N) is 1. The van der Waals surface area contributed by atoms with Gasteiger partial charge in [-0.2, -0.15) is 0 Å². The molecule has 2 fully saturated rings. The lowest BCUT2D eigenvalue weighted by Crippen LogP contribution is -2.34. The Kier molecular flexibility index (Phi) is 3.42. The van der Waals surface area contributed by atoms with Crippen LogP contribution in [0.1, 0.15) is 44.7 Å². The summed E-state index contributed by atoms with van der Waals surface area (Å²) < 4.78 is 5.74. The normalized spacial score (nSPS) is 26.4. The van der Waals surface area contributed by atoms with Crippen LogP contribution in [0, 0.1) is 0 Å². The van der Waals surface area contributed by atoms with E-state index in [0.29, 0.717) is 12.5 Å². The third-order valence-corrected chi connectivity index (χ3v) is 3.92. The Morgan fingerprint density at radius 2 is 2.10 bits per heavy atom. The number of ether oxygens (including phenoxy) is 1. The Morgan fingerprint density at radius 1 is 1.35 bits per heavy atom. The van der Waals surface area contributed by atoms with Gasteiger partial charge in [-0.15, -0.1) is 0 Å². The molecular formula is C16H22N2O2. The van der Waals surface area contributed by atoms with Crippen LogP contribution in [0.25, 0.3) is 0 Å². The number of hydrogen-bond acceptors (Lipinski definition) is 3. The van der Waals surface area contributed by atoms with Crippen molar-refractivity contribution in [3.63, 3.8) is 0 Å². The Hall–Kier alpha value is -1.55. The van der Waals surface area contributed by atoms with Crippen molar-refractivity contribution in [1.82, 2.24) is 4.90 Å². The minimum atomic E-state index is -0.114. The predicted molar refractivity (Wildman–Crippen MR) is 77.4 cm³/mol. The van der Waals surface area contributed by atoms with Crippen LogP contribution in [-0.2, 0) is 4.79 Å². The molecule has 1 aromatic carbocycles. The van der Waals surface area contributed by atoms with Crippen LogP contribution in [0.3, 0.4) is 0 Å². The molecule has 1 saturated heterocycles. The van der Waals surface area contributed by atoms with Crippen molar-refractivity contribution in [2.24, 2.45) is 5.73 Å². The van der Waals surface area contributed by atoms with Crippen molar-refractivity contribution < 1.29 is 9.53 Å². The number of amides is 1. The summed E-state index contributed by atoms with van der Waals surface area (Å²) in [5, 5.41) is 0. The Balaban J connectivity index is 1.88. The second kappa shape index (κ2) is 5.09. The number of nitrogens with zero attached hydrogens (tertiary/aromatic N) is 1. The summed E-state index contributed by atoms with van der Waals surface area (Å²) in [4.78, 5) is 14.1. The molecule has 0 bridgehead atoms. The first kappa shape index (κ1) is 13.4. The third-order valence-electron chi connectivity index (χ3n) is 3.92. The lowest BCUT2D eigenvalue weighted by Gasteiger charge is -2.27. The molecule has 0 aromatic heterocycles. The first-order valence-electron chi connectivity index (χ1n) is 7.39. The van der Waals surface area contributed by atoms with Crippen LogP contribution in [0.4, 0.5) is 0 Å². The van der Waals surface area contributed by atoms with Gasteiger partial charge in [0.1, 0.15) is 5.75 Å². The molecular weight excluding hydrogens is 252 g/mol. The minimum absolute atomic E-state index is 0.00529. The quantitative estimate of drug-likeness (QED) is 0.916. The van der Waals surface area contributed by atoms with E-state index in [9.17, 15) is 4.79 Å². The molecule has 4 heteroatoms. The van der Waals surface area contributed by atoms with Gasteiger partial charge in [0, 0.05) is 18.5 Å². The molecule has 1 aromatic rings. The molecule has 2 atom stereocenters. The maximum absolute atomic E-state index is 12.1. The number of rotatable bonds is 4. The summed E-state index contributed by atoms with van der Waals surface area (Å²) in [6.07, 6.45) is 2.81. The summed E-state index contributed by atoms with van der Waals surface area (Å²) in [6.45, 7) is 4.02. The fraction of sp³-hybridized carbons (Fsp3) is 0.562. The Morgan fingerprint density at radius 3 is 2.75 bits per heavy atom. The van der Waals surface area contributed by atoms with Crippen LogP contribution in [-0.4, -0.2) is 29.0 Å². The molecule has 108 valence electrons. The number of carbonyl (C=O) groups is 1. The summed E-state index contributed by atoms with van der Waals surface area (Å²) in [7, 11) is 0. The Labute approximate surface area is 119 Å². The molecule has 20 heavy (non-hydrogen) atoms. The van der Waals surface area contributed by atoms with Crippen molar-refractivity contribution in [2.45, 2.75) is 57.3 Å². The summed E-state index contributed by atoms with van der Waals surface area (Å²) >= 11 is 0. The maximum Gasteiger partial charge on any atom is 0.225 e. The zero-order valence-electron chi connectivity index (χ0n) is 12.1. The molecule has 1 amide bonds. The molecule has 1 saturated carbocycles. The lowest BCUT2D eigenvalue weighted by atomic mass is 10.0. The van der Waals surface area contributed by atoms with Gasteiger partial charge in [0.05, 0.1) is 12.1 Å². The average Bonchev–Trinajstić information content (AvgIpc) is 3.14. The first-order chi connectivity index (χ1) is 9.56. The fourth-order valence-electron chi connectivity index (χ4n) is 3.02. The van der Waals surface area contributed by atoms with Crippen LogP contribution in [0.5, 0.6) is 5.75 Å². The highest BCUT2D eigenvalue weighted by Gasteiger charge is 2.45. The van der Waals surface area contributed by atoms with Gasteiger partial charge in [0.2, 0.25) is 5.91 Å². The molecule has 1 aliphatic carbocycles. The smallest absolute Gasteiger partial charge is 0.225 e. The van der Waals surface area contributed by atoms with Crippen LogP contribution < -0.4 is 10.5 Å². The molecule has 0 spiro atoms. The molecule has 3 rings (SSSR count). The highest BCUT2D eigenvalue weighted by Crippen LogP contribution is 2.41. The van der Waals surface area contributed by atoms with Crippen molar-refractivity contribution in [2.75, 3.05) is 0 Å². The van der Waals surface area contributed by atoms with Crippen LogP contribution in [0.2, 0.25) is 0 Å². The number of carbonyl (C=O) groups excluding carboxylic acids is 1. The Bertz CT molecular complexity index is 511. The second-order valence-corrected chi connectivity index (χ2v) is 6.08. The van der Waals surface area contributed by atoms with E-state index < -0.39 is 0 Å². The van der Waals surface area contributed by atoms with E-state index in [2.05, 4.69) is 0 Å². The lowest BCUT2D eigenvalue weighted by molar-refractivity contribution is -0.129. The van der Waals surface area contributed by atoms with E-state index in [-0.39, 0.29) is 24.1 Å². The molecule has 1 aliphatic heterocycles. The zero-order chi connectivity index (χ0) is 14.3. The van der Waals surface area contributed by atoms with Crippen LogP contribution >= 0.6 is 0 Å². The number of likely N-dealkylation sites (tertiary alicyclic amines) is 1. The molecule has 2 N–H and O–H groups in total. The van der Waals surface area contributed by atoms with Gasteiger partial charge < -0.3 is 15.4 Å². The van der Waals surface area contributed by atoms with E-state index in [0.717, 1.165) is 24.2 Å². The van der Waals surface area contributed by atoms with Gasteiger partial charge in [0.15, 0.2) is 0 Å². The van der Waals surface area contributed by atoms with E-state index in [1.54, 1.807) is 0 Å². The fourth-order valence-corrected chi connectivity index (χ4v) is 3.02. The van der Waals surface area contributed by atoms with E-state index in [1.807, 2.05) is 43.0 Å². The van der Waals surface area contributed by atoms with Crippen molar-refractivity contribution in [1.29, 1.82) is 0 Å². The topological polar surface area (TPSA) is 55.6 Å². The predicted octanol–water partition coefficient (Wildman–Crippen LogP) is 2.24. The SMILES string of the molecule is CC(C)Oc1cccc(C2C(N)CC(=O)N2C2CC2)c1. The van der Waals surface area contributed by atoms with Gasteiger partial charge in [0.25, 0.3) is 0 Å². The molecule has 2 aliphatic rings. The molecule has 4 nitrogen and oxygen atoms in total. The summed E-state index contributed by atoms with van der Waals surface area (Å²) in [5.41, 5.74) is 7.30. The first-order valence-corrected chi connectivity index (χ1v) is 7.39. The largest absolute Gasteiger partial charge is 0.491 e. The van der Waals surface area contributed by atoms with Crippen molar-refractivity contribution in [3.8, 4) is 5.75 Å². The maximum atomic E-state index is 12.1. The third kappa shape index (κ3) is 2.52. The van der Waals surface area contributed by atoms with Gasteiger partial charge in [-0.3, -0.25) is 4.79 Å². The van der Waals surface area contributed by atoms with Gasteiger partial charge >= 0.3 is 0 Å². The molecule has 0 radical (unpaired) electrons. The summed E-state index contributed by atoms with van der Waals surface area (Å²) in [6, 6.07) is 8.30. The van der Waals surface area contributed by atoms with Crippen molar-refractivity contribution >= 4 is 5.91 Å². The zero-order valence-corrected chi connectivity index (χ0v) is 12.1. The van der Waals surface area contributed by atoms with E-state index in [1.165, 1.54) is 0 Å². The molecule has 2 unspecified atom stereocenters. The summed E-state index contributed by atoms with van der Waals surface area (Å²) in [5.74, 6) is 1.04. The highest BCUT2D eigenvalue weighted by atomic mass is 16.5. The second-order valence-electron chi connectivity index (χ2n) is 6.08. The van der Waals surface area contributed by atoms with Gasteiger partial charge in [-0.1, -0.05) is 12.1 Å².